The van der Waals surface area contributed by atoms with Crippen LogP contribution in [-0.4, -0.2) is 15.0 Å². The van der Waals surface area contributed by atoms with Crippen molar-refractivity contribution in [2.45, 2.75) is 0 Å². The molecule has 0 radical (unpaired) electrons. The Labute approximate surface area is 323 Å². The molecule has 0 N–H and O–H groups in total. The van der Waals surface area contributed by atoms with Crippen LogP contribution in [0.15, 0.2) is 200 Å². The molecule has 3 nitrogen and oxygen atoms in total. The van der Waals surface area contributed by atoms with Crippen molar-refractivity contribution in [2.24, 2.45) is 0 Å². The maximum atomic E-state index is 5.08. The van der Waals surface area contributed by atoms with Gasteiger partial charge in [-0.3, -0.25) is 0 Å². The average Bonchev–Trinajstić information content (AvgIpc) is 3.66. The second-order valence-corrected chi connectivity index (χ2v) is 14.7. The zero-order valence-corrected chi connectivity index (χ0v) is 30.6. The van der Waals surface area contributed by atoms with E-state index in [2.05, 4.69) is 140 Å². The van der Waals surface area contributed by atoms with Crippen LogP contribution in [0, 0.1) is 0 Å². The zero-order valence-electron chi connectivity index (χ0n) is 29.8. The van der Waals surface area contributed by atoms with Crippen molar-refractivity contribution >= 4 is 31.5 Å². The summed E-state index contributed by atoms with van der Waals surface area (Å²) in [6.07, 6.45) is 0. The Balaban J connectivity index is 1.01. The molecule has 2 heterocycles. The van der Waals surface area contributed by atoms with Gasteiger partial charge in [0.25, 0.3) is 0 Å². The van der Waals surface area contributed by atoms with Gasteiger partial charge in [0.1, 0.15) is 0 Å². The average molecular weight is 720 g/mol. The molecule has 0 spiro atoms. The summed E-state index contributed by atoms with van der Waals surface area (Å²) in [5.41, 5.74) is 12.5. The van der Waals surface area contributed by atoms with E-state index in [0.29, 0.717) is 17.5 Å². The molecule has 0 saturated heterocycles. The third-order valence-electron chi connectivity index (χ3n) is 10.2. The summed E-state index contributed by atoms with van der Waals surface area (Å²) >= 11 is 1.80. The van der Waals surface area contributed by atoms with Crippen molar-refractivity contribution in [3.63, 3.8) is 0 Å². The molecule has 0 saturated carbocycles. The number of fused-ring (bicyclic) bond motifs is 3. The van der Waals surface area contributed by atoms with Gasteiger partial charge in [0.15, 0.2) is 17.5 Å². The molecule has 0 fully saturated rings. The van der Waals surface area contributed by atoms with Gasteiger partial charge in [0, 0.05) is 36.9 Å². The van der Waals surface area contributed by atoms with E-state index in [1.54, 1.807) is 11.3 Å². The van der Waals surface area contributed by atoms with Crippen molar-refractivity contribution in [2.75, 3.05) is 0 Å². The Morgan fingerprint density at radius 1 is 0.273 bits per heavy atom. The van der Waals surface area contributed by atoms with Gasteiger partial charge < -0.3 is 0 Å². The molecule has 0 aliphatic rings. The van der Waals surface area contributed by atoms with E-state index in [1.165, 1.54) is 64.7 Å². The summed E-state index contributed by atoms with van der Waals surface area (Å²) in [4.78, 5) is 15.1. The highest BCUT2D eigenvalue weighted by atomic mass is 32.1. The molecule has 2 aromatic heterocycles. The number of benzene rings is 8. The maximum absolute atomic E-state index is 5.08. The van der Waals surface area contributed by atoms with Gasteiger partial charge in [0.05, 0.1) is 0 Å². The Morgan fingerprint density at radius 2 is 0.673 bits per heavy atom. The van der Waals surface area contributed by atoms with Crippen LogP contribution >= 0.6 is 11.3 Å². The third-order valence-corrected chi connectivity index (χ3v) is 11.3. The van der Waals surface area contributed by atoms with Crippen molar-refractivity contribution in [3.05, 3.63) is 200 Å². The zero-order chi connectivity index (χ0) is 36.6. The van der Waals surface area contributed by atoms with E-state index in [4.69, 9.17) is 15.0 Å². The summed E-state index contributed by atoms with van der Waals surface area (Å²) < 4.78 is 2.44. The molecule has 10 aromatic rings. The summed E-state index contributed by atoms with van der Waals surface area (Å²) in [6.45, 7) is 0. The number of aromatic nitrogens is 3. The molecule has 0 aliphatic heterocycles. The minimum atomic E-state index is 0.660. The van der Waals surface area contributed by atoms with E-state index in [-0.39, 0.29) is 0 Å². The van der Waals surface area contributed by atoms with Gasteiger partial charge in [-0.05, 0) is 74.8 Å². The van der Waals surface area contributed by atoms with Gasteiger partial charge in [-0.1, -0.05) is 170 Å². The SMILES string of the molecule is c1ccc(-c2cccc(-c3cccc(-c4ccc(-c5ccc6sc7cccc(-c8nc(-c9ccccc9)nc(-c9ccccc9)n8)c7c6c5)cc4)c3)c2)cc1. The second-order valence-electron chi connectivity index (χ2n) is 13.6. The van der Waals surface area contributed by atoms with Crippen molar-refractivity contribution in [3.8, 4) is 78.7 Å². The van der Waals surface area contributed by atoms with Gasteiger partial charge in [-0.25, -0.2) is 15.0 Å². The standard InChI is InChI=1S/C51H33N3S/c1-4-13-34(14-5-1)39-19-10-21-41(31-39)42-22-11-20-40(32-42)35-25-27-36(28-26-35)43-29-30-46-45(33-43)48-44(23-12-24-47(48)55-46)51-53-49(37-15-6-2-7-16-37)52-50(54-51)38-17-8-3-9-18-38/h1-33H. The summed E-state index contributed by atoms with van der Waals surface area (Å²) in [5.74, 6) is 1.99. The number of thiophene rings is 1. The van der Waals surface area contributed by atoms with Crippen LogP contribution in [-0.2, 0) is 0 Å². The molecule has 0 amide bonds. The van der Waals surface area contributed by atoms with Crippen LogP contribution in [0.25, 0.3) is 98.8 Å². The fourth-order valence-corrected chi connectivity index (χ4v) is 8.48. The lowest BCUT2D eigenvalue weighted by molar-refractivity contribution is 1.08. The fourth-order valence-electron chi connectivity index (χ4n) is 7.36. The number of hydrogen-bond acceptors (Lipinski definition) is 4. The van der Waals surface area contributed by atoms with Gasteiger partial charge in [-0.15, -0.1) is 11.3 Å². The summed E-state index contributed by atoms with van der Waals surface area (Å²) in [5, 5.41) is 2.36. The van der Waals surface area contributed by atoms with Gasteiger partial charge in [0.2, 0.25) is 0 Å². The molecule has 8 aromatic carbocycles. The Kier molecular flexibility index (Phi) is 8.36. The van der Waals surface area contributed by atoms with E-state index >= 15 is 0 Å². The molecular formula is C51H33N3S. The van der Waals surface area contributed by atoms with Gasteiger partial charge >= 0.3 is 0 Å². The topological polar surface area (TPSA) is 38.7 Å². The lowest BCUT2D eigenvalue weighted by Gasteiger charge is -2.10. The fraction of sp³-hybridized carbons (Fsp3) is 0. The Hall–Kier alpha value is -7.01. The molecule has 0 atom stereocenters. The van der Waals surface area contributed by atoms with Crippen molar-refractivity contribution in [1.82, 2.24) is 15.0 Å². The summed E-state index contributed by atoms with van der Waals surface area (Å²) in [6, 6.07) is 70.6. The molecule has 0 bridgehead atoms. The number of hydrogen-bond donors (Lipinski definition) is 0. The first-order valence-electron chi connectivity index (χ1n) is 18.4. The number of nitrogens with zero attached hydrogens (tertiary/aromatic N) is 3. The predicted octanol–water partition coefficient (Wildman–Crippen LogP) is 13.9. The molecule has 258 valence electrons. The predicted molar refractivity (Wildman–Crippen MR) is 231 cm³/mol. The van der Waals surface area contributed by atoms with Crippen LogP contribution in [0.2, 0.25) is 0 Å². The highest BCUT2D eigenvalue weighted by molar-refractivity contribution is 7.26. The lowest BCUT2D eigenvalue weighted by atomic mass is 9.95. The number of rotatable bonds is 7. The Morgan fingerprint density at radius 3 is 1.22 bits per heavy atom. The van der Waals surface area contributed by atoms with E-state index in [9.17, 15) is 0 Å². The van der Waals surface area contributed by atoms with Gasteiger partial charge in [-0.2, -0.15) is 0 Å². The molecule has 0 unspecified atom stereocenters. The van der Waals surface area contributed by atoms with Crippen LogP contribution in [0.4, 0.5) is 0 Å². The quantitative estimate of drug-likeness (QED) is 0.165. The molecule has 55 heavy (non-hydrogen) atoms. The van der Waals surface area contributed by atoms with E-state index < -0.39 is 0 Å². The summed E-state index contributed by atoms with van der Waals surface area (Å²) in [7, 11) is 0. The third kappa shape index (κ3) is 6.39. The lowest BCUT2D eigenvalue weighted by Crippen LogP contribution is -2.00. The van der Waals surface area contributed by atoms with Crippen LogP contribution < -0.4 is 0 Å². The normalized spacial score (nSPS) is 11.3. The highest BCUT2D eigenvalue weighted by Gasteiger charge is 2.17. The largest absolute Gasteiger partial charge is 0.208 e. The Bertz CT molecular complexity index is 2900. The van der Waals surface area contributed by atoms with Crippen molar-refractivity contribution in [1.29, 1.82) is 0 Å². The van der Waals surface area contributed by atoms with Crippen LogP contribution in [0.1, 0.15) is 0 Å². The molecule has 10 rings (SSSR count). The monoisotopic (exact) mass is 719 g/mol. The van der Waals surface area contributed by atoms with Crippen LogP contribution in [0.3, 0.4) is 0 Å². The minimum absolute atomic E-state index is 0.660. The first-order chi connectivity index (χ1) is 27.2. The molecule has 0 aliphatic carbocycles. The van der Waals surface area contributed by atoms with E-state index in [0.717, 1.165) is 16.7 Å². The van der Waals surface area contributed by atoms with E-state index in [1.807, 2.05) is 60.7 Å². The second kappa shape index (κ2) is 14.1. The van der Waals surface area contributed by atoms with Crippen molar-refractivity contribution < 1.29 is 0 Å². The van der Waals surface area contributed by atoms with Crippen LogP contribution in [0.5, 0.6) is 0 Å². The first-order valence-corrected chi connectivity index (χ1v) is 19.2. The molecular weight excluding hydrogens is 687 g/mol. The smallest absolute Gasteiger partial charge is 0.164 e. The minimum Gasteiger partial charge on any atom is -0.208 e. The first kappa shape index (κ1) is 32.6. The maximum Gasteiger partial charge on any atom is 0.164 e. The highest BCUT2D eigenvalue weighted by Crippen LogP contribution is 2.41. The molecule has 4 heteroatoms.